The fourth-order valence-electron chi connectivity index (χ4n) is 3.72. The molecule has 2 heterocycles. The molecule has 0 fully saturated rings. The highest BCUT2D eigenvalue weighted by Crippen LogP contribution is 2.26. The maximum absolute atomic E-state index is 13.6. The Morgan fingerprint density at radius 2 is 2.03 bits per heavy atom. The Kier molecular flexibility index (Phi) is 9.58. The molecule has 0 saturated carbocycles. The molecular weight excluding hydrogens is 517 g/mol. The first kappa shape index (κ1) is 25.5. The third-order valence-electron chi connectivity index (χ3n) is 5.52. The second-order valence-corrected chi connectivity index (χ2v) is 9.12. The van der Waals surface area contributed by atoms with Gasteiger partial charge in [-0.1, -0.05) is 17.7 Å². The van der Waals surface area contributed by atoms with Crippen molar-refractivity contribution < 1.29 is 23.8 Å². The summed E-state index contributed by atoms with van der Waals surface area (Å²) in [5.74, 6) is -2.93. The third-order valence-corrected chi connectivity index (χ3v) is 6.53. The molecule has 33 heavy (non-hydrogen) atoms. The van der Waals surface area contributed by atoms with Crippen LogP contribution in [0.4, 0.5) is 4.39 Å². The fraction of sp³-hybridized carbons (Fsp3) is 0.478. The van der Waals surface area contributed by atoms with Gasteiger partial charge in [0.25, 0.3) is 5.91 Å². The molecule has 1 amide bonds. The van der Waals surface area contributed by atoms with E-state index in [2.05, 4.69) is 38.4 Å². The van der Waals surface area contributed by atoms with Crippen molar-refractivity contribution in [3.05, 3.63) is 56.3 Å². The van der Waals surface area contributed by atoms with E-state index in [4.69, 9.17) is 21.3 Å². The number of rotatable bonds is 11. The number of aromatic nitrogens is 2. The minimum atomic E-state index is -1.22. The molecule has 0 bridgehead atoms. The molecule has 0 radical (unpaired) electrons. The molecule has 0 aliphatic heterocycles. The van der Waals surface area contributed by atoms with Gasteiger partial charge in [-0.05, 0) is 72.5 Å². The summed E-state index contributed by atoms with van der Waals surface area (Å²) in [6.07, 6.45) is 8.32. The van der Waals surface area contributed by atoms with E-state index < -0.39 is 23.9 Å². The van der Waals surface area contributed by atoms with Crippen molar-refractivity contribution in [2.75, 3.05) is 13.2 Å². The van der Waals surface area contributed by atoms with Crippen molar-refractivity contribution in [3.8, 4) is 0 Å². The van der Waals surface area contributed by atoms with E-state index in [9.17, 15) is 19.1 Å². The minimum Gasteiger partial charge on any atom is -0.480 e. The van der Waals surface area contributed by atoms with Gasteiger partial charge in [0.1, 0.15) is 6.04 Å². The Labute approximate surface area is 205 Å². The lowest BCUT2D eigenvalue weighted by Crippen LogP contribution is -2.41. The first-order chi connectivity index (χ1) is 15.9. The topological polar surface area (TPSA) is 101 Å². The highest BCUT2D eigenvalue weighted by molar-refractivity contribution is 9.10. The Morgan fingerprint density at radius 1 is 1.24 bits per heavy atom. The molecule has 2 aromatic heterocycles. The molecule has 0 aromatic carbocycles. The Morgan fingerprint density at radius 3 is 2.82 bits per heavy atom. The van der Waals surface area contributed by atoms with Crippen molar-refractivity contribution in [1.82, 2.24) is 15.3 Å². The van der Waals surface area contributed by atoms with Crippen LogP contribution >= 0.6 is 27.5 Å². The number of nitrogens with zero attached hydrogens (tertiary/aromatic N) is 2. The smallest absolute Gasteiger partial charge is 0.326 e. The summed E-state index contributed by atoms with van der Waals surface area (Å²) < 4.78 is 18.9. The van der Waals surface area contributed by atoms with Gasteiger partial charge in [-0.3, -0.25) is 9.78 Å². The molecule has 7 nitrogen and oxygen atoms in total. The monoisotopic (exact) mass is 541 g/mol. The number of carbonyl (C=O) groups is 2. The molecule has 2 N–H and O–H groups in total. The van der Waals surface area contributed by atoms with Gasteiger partial charge in [-0.25, -0.2) is 9.78 Å². The van der Waals surface area contributed by atoms with Gasteiger partial charge in [0.2, 0.25) is 5.95 Å². The van der Waals surface area contributed by atoms with Crippen LogP contribution in [0.2, 0.25) is 5.02 Å². The predicted octanol–water partition coefficient (Wildman–Crippen LogP) is 4.52. The molecule has 10 heteroatoms. The van der Waals surface area contributed by atoms with Crippen molar-refractivity contribution in [1.29, 1.82) is 0 Å². The van der Waals surface area contributed by atoms with Gasteiger partial charge in [0.15, 0.2) is 0 Å². The van der Waals surface area contributed by atoms with Crippen molar-refractivity contribution in [3.63, 3.8) is 0 Å². The maximum atomic E-state index is 13.6. The number of nitrogens with one attached hydrogen (secondary N) is 1. The summed E-state index contributed by atoms with van der Waals surface area (Å²) in [5.41, 5.74) is 3.51. The highest BCUT2D eigenvalue weighted by Gasteiger charge is 2.25. The zero-order valence-corrected chi connectivity index (χ0v) is 20.4. The number of fused-ring (bicyclic) bond motifs is 1. The molecule has 1 atom stereocenters. The highest BCUT2D eigenvalue weighted by atomic mass is 79.9. The summed E-state index contributed by atoms with van der Waals surface area (Å²) >= 11 is 8.84. The zero-order valence-electron chi connectivity index (χ0n) is 18.1. The van der Waals surface area contributed by atoms with E-state index >= 15 is 0 Å². The molecule has 0 saturated heterocycles. The van der Waals surface area contributed by atoms with E-state index in [0.717, 1.165) is 44.0 Å². The van der Waals surface area contributed by atoms with Crippen LogP contribution in [0.15, 0.2) is 22.8 Å². The van der Waals surface area contributed by atoms with Gasteiger partial charge in [0, 0.05) is 37.2 Å². The number of amides is 1. The molecule has 1 aliphatic carbocycles. The number of unbranched alkanes of at least 4 members (excludes halogenated alkanes) is 1. The number of hydrogen-bond donors (Lipinski definition) is 2. The number of aliphatic carboxylic acids is 1. The molecule has 2 aromatic rings. The van der Waals surface area contributed by atoms with Crippen LogP contribution in [0.25, 0.3) is 0 Å². The van der Waals surface area contributed by atoms with Crippen LogP contribution in [-0.4, -0.2) is 46.2 Å². The molecule has 1 aliphatic rings. The van der Waals surface area contributed by atoms with Crippen LogP contribution in [0, 0.1) is 5.95 Å². The average molecular weight is 543 g/mol. The van der Waals surface area contributed by atoms with Gasteiger partial charge in [0.05, 0.1) is 15.1 Å². The molecule has 178 valence electrons. The number of hydrogen-bond acceptors (Lipinski definition) is 5. The van der Waals surface area contributed by atoms with Gasteiger partial charge in [-0.2, -0.15) is 4.39 Å². The summed E-state index contributed by atoms with van der Waals surface area (Å²) in [6.45, 7) is 0.645. The Hall–Kier alpha value is -2.10. The molecule has 3 rings (SSSR count). The van der Waals surface area contributed by atoms with E-state index in [0.29, 0.717) is 6.61 Å². The number of pyridine rings is 2. The first-order valence-corrected chi connectivity index (χ1v) is 12.1. The summed E-state index contributed by atoms with van der Waals surface area (Å²) in [6, 6.07) is 3.10. The largest absolute Gasteiger partial charge is 0.480 e. The summed E-state index contributed by atoms with van der Waals surface area (Å²) in [4.78, 5) is 32.1. The van der Waals surface area contributed by atoms with E-state index in [1.165, 1.54) is 24.1 Å². The van der Waals surface area contributed by atoms with E-state index in [-0.39, 0.29) is 28.1 Å². The van der Waals surface area contributed by atoms with Gasteiger partial charge >= 0.3 is 5.97 Å². The van der Waals surface area contributed by atoms with Gasteiger partial charge < -0.3 is 15.2 Å². The number of ether oxygens (including phenoxy) is 1. The lowest BCUT2D eigenvalue weighted by atomic mass is 9.95. The number of carboxylic acid groups (broad SMARTS) is 1. The average Bonchev–Trinajstić information content (AvgIpc) is 2.80. The molecule has 0 unspecified atom stereocenters. The summed E-state index contributed by atoms with van der Waals surface area (Å²) in [5, 5.41) is 11.7. The number of carbonyl (C=O) groups excluding carboxylic acids is 1. The lowest BCUT2D eigenvalue weighted by Gasteiger charge is -2.16. The second-order valence-electron chi connectivity index (χ2n) is 7.92. The van der Waals surface area contributed by atoms with E-state index in [1.54, 1.807) is 0 Å². The zero-order chi connectivity index (χ0) is 23.8. The van der Waals surface area contributed by atoms with E-state index in [1.807, 2.05) is 0 Å². The third kappa shape index (κ3) is 7.19. The number of carboxylic acids is 1. The van der Waals surface area contributed by atoms with Crippen LogP contribution in [-0.2, 0) is 28.8 Å². The molecule has 0 spiro atoms. The number of halogens is 3. The maximum Gasteiger partial charge on any atom is 0.326 e. The quantitative estimate of drug-likeness (QED) is 0.320. The van der Waals surface area contributed by atoms with Crippen molar-refractivity contribution in [2.45, 2.75) is 57.4 Å². The minimum absolute atomic E-state index is 0.0657. The van der Waals surface area contributed by atoms with Crippen molar-refractivity contribution in [2.24, 2.45) is 0 Å². The van der Waals surface area contributed by atoms with Crippen LogP contribution in [0.3, 0.4) is 0 Å². The normalized spacial score (nSPS) is 13.9. The first-order valence-electron chi connectivity index (χ1n) is 11.0. The lowest BCUT2D eigenvalue weighted by molar-refractivity contribution is -0.139. The van der Waals surface area contributed by atoms with Gasteiger partial charge in [-0.15, -0.1) is 0 Å². The molecular formula is C23H26BrClFN3O4. The standard InChI is InChI=1S/C23H26BrClFN3O4/c24-20-19(16(25)13-27-21(20)26)22(30)29-18(23(31)32)10-12-33-11-4-3-6-15-9-8-14-5-1-2-7-17(14)28-15/h8-9,13,18H,1-7,10-12H2,(H,29,30)(H,31,32)/t18-/m0/s1. The predicted molar refractivity (Wildman–Crippen MR) is 125 cm³/mol. The van der Waals surface area contributed by atoms with Crippen LogP contribution in [0.1, 0.15) is 59.4 Å². The fourth-order valence-corrected chi connectivity index (χ4v) is 4.56. The summed E-state index contributed by atoms with van der Waals surface area (Å²) in [7, 11) is 0. The Balaban J connectivity index is 1.38. The second kappa shape index (κ2) is 12.4. The SMILES string of the molecule is O=C(N[C@@H](CCOCCCCc1ccc2c(n1)CCCC2)C(=O)O)c1c(Cl)cnc(F)c1Br. The van der Waals surface area contributed by atoms with Crippen LogP contribution < -0.4 is 5.32 Å². The van der Waals surface area contributed by atoms with Crippen LogP contribution in [0.5, 0.6) is 0 Å². The Bertz CT molecular complexity index is 1010. The number of aryl methyl sites for hydroxylation is 3. The van der Waals surface area contributed by atoms with Crippen molar-refractivity contribution >= 4 is 39.4 Å².